The number of hydrogen-bond acceptors (Lipinski definition) is 4. The van der Waals surface area contributed by atoms with Crippen molar-refractivity contribution in [1.82, 2.24) is 0 Å². The topological polar surface area (TPSA) is 44.0 Å². The highest BCUT2D eigenvalue weighted by Crippen LogP contribution is 2.44. The van der Waals surface area contributed by atoms with Gasteiger partial charge in [0.05, 0.1) is 27.6 Å². The zero-order chi connectivity index (χ0) is 13.7. The van der Waals surface area contributed by atoms with Gasteiger partial charge >= 0.3 is 0 Å². The lowest BCUT2D eigenvalue weighted by Crippen LogP contribution is -1.79. The molecule has 0 aliphatic heterocycles. The number of thiophene rings is 2. The van der Waals surface area contributed by atoms with Gasteiger partial charge in [-0.3, -0.25) is 0 Å². The maximum Gasteiger partial charge on any atom is 0.0992 e. The van der Waals surface area contributed by atoms with E-state index in [9.17, 15) is 5.11 Å². The Morgan fingerprint density at radius 1 is 0.950 bits per heavy atom. The van der Waals surface area contributed by atoms with Gasteiger partial charge in [-0.25, -0.2) is 0 Å². The van der Waals surface area contributed by atoms with Crippen molar-refractivity contribution >= 4 is 52.2 Å². The summed E-state index contributed by atoms with van der Waals surface area (Å²) in [5, 5.41) is 20.7. The van der Waals surface area contributed by atoms with Gasteiger partial charge < -0.3 is 5.11 Å². The third kappa shape index (κ3) is 1.58. The number of hydrogen-bond donors (Lipinski definition) is 1. The molecule has 0 radical (unpaired) electrons. The van der Waals surface area contributed by atoms with Crippen LogP contribution in [0.15, 0.2) is 36.4 Å². The van der Waals surface area contributed by atoms with Gasteiger partial charge in [0.25, 0.3) is 0 Å². The summed E-state index contributed by atoms with van der Waals surface area (Å²) in [6, 6.07) is 14.2. The van der Waals surface area contributed by atoms with E-state index in [-0.39, 0.29) is 6.61 Å². The Bertz CT molecular complexity index is 1000. The van der Waals surface area contributed by atoms with E-state index in [0.29, 0.717) is 5.56 Å². The Balaban J connectivity index is 2.11. The summed E-state index contributed by atoms with van der Waals surface area (Å²) in [7, 11) is 0. The van der Waals surface area contributed by atoms with Gasteiger partial charge in [-0.15, -0.1) is 22.7 Å². The Morgan fingerprint density at radius 3 is 2.25 bits per heavy atom. The lowest BCUT2D eigenvalue weighted by molar-refractivity contribution is 0.282. The average Bonchev–Trinajstić information content (AvgIpc) is 3.01. The maximum absolute atomic E-state index is 9.23. The van der Waals surface area contributed by atoms with Crippen molar-refractivity contribution in [3.8, 4) is 6.07 Å². The second kappa shape index (κ2) is 4.29. The van der Waals surface area contributed by atoms with Crippen LogP contribution < -0.4 is 0 Å². The zero-order valence-electron chi connectivity index (χ0n) is 10.4. The summed E-state index contributed by atoms with van der Waals surface area (Å²) >= 11 is 3.49. The summed E-state index contributed by atoms with van der Waals surface area (Å²) in [5.41, 5.74) is 1.65. The summed E-state index contributed by atoms with van der Waals surface area (Å²) < 4.78 is 4.93. The molecule has 0 saturated heterocycles. The van der Waals surface area contributed by atoms with Crippen molar-refractivity contribution in [2.45, 2.75) is 6.61 Å². The van der Waals surface area contributed by atoms with E-state index in [1.54, 1.807) is 22.7 Å². The number of nitriles is 1. The molecule has 0 bridgehead atoms. The third-order valence-electron chi connectivity index (χ3n) is 3.46. The zero-order valence-corrected chi connectivity index (χ0v) is 12.0. The molecule has 4 heteroatoms. The lowest BCUT2D eigenvalue weighted by atomic mass is 10.1. The molecule has 2 heterocycles. The highest BCUT2D eigenvalue weighted by Gasteiger charge is 2.12. The van der Waals surface area contributed by atoms with Crippen molar-refractivity contribution in [1.29, 1.82) is 5.26 Å². The average molecular weight is 295 g/mol. The van der Waals surface area contributed by atoms with Crippen LogP contribution in [0, 0.1) is 11.3 Å². The van der Waals surface area contributed by atoms with E-state index in [1.165, 1.54) is 29.6 Å². The first-order valence-electron chi connectivity index (χ1n) is 6.19. The van der Waals surface area contributed by atoms with Crippen molar-refractivity contribution in [3.63, 3.8) is 0 Å². The van der Waals surface area contributed by atoms with Gasteiger partial charge in [0, 0.05) is 20.2 Å². The number of nitrogens with zero attached hydrogens (tertiary/aromatic N) is 1. The predicted octanol–water partition coefficient (Wildman–Crippen LogP) is 4.63. The predicted molar refractivity (Wildman–Crippen MR) is 85.4 cm³/mol. The van der Waals surface area contributed by atoms with E-state index in [2.05, 4.69) is 18.2 Å². The number of benzene rings is 2. The Hall–Kier alpha value is -1.93. The Morgan fingerprint density at radius 2 is 1.60 bits per heavy atom. The van der Waals surface area contributed by atoms with Gasteiger partial charge in [0.15, 0.2) is 0 Å². The van der Waals surface area contributed by atoms with Gasteiger partial charge in [0.1, 0.15) is 0 Å². The Labute approximate surface area is 123 Å². The smallest absolute Gasteiger partial charge is 0.0992 e. The SMILES string of the molecule is N#Cc1ccc2c(c1)sc1c3ccc(CO)cc3sc21. The molecule has 4 rings (SSSR count). The molecule has 0 aliphatic rings. The molecule has 96 valence electrons. The molecule has 0 fully saturated rings. The van der Waals surface area contributed by atoms with E-state index < -0.39 is 0 Å². The van der Waals surface area contributed by atoms with E-state index in [4.69, 9.17) is 5.26 Å². The minimum atomic E-state index is 0.0771. The molecule has 4 aromatic rings. The van der Waals surface area contributed by atoms with Crippen LogP contribution in [-0.4, -0.2) is 5.11 Å². The molecule has 0 atom stereocenters. The van der Waals surface area contributed by atoms with Crippen LogP contribution in [0.1, 0.15) is 11.1 Å². The lowest BCUT2D eigenvalue weighted by Gasteiger charge is -1.95. The second-order valence-corrected chi connectivity index (χ2v) is 6.78. The van der Waals surface area contributed by atoms with Gasteiger partial charge in [-0.1, -0.05) is 18.2 Å². The Kier molecular flexibility index (Phi) is 2.54. The fourth-order valence-corrected chi connectivity index (χ4v) is 5.22. The minimum Gasteiger partial charge on any atom is -0.392 e. The van der Waals surface area contributed by atoms with Crippen LogP contribution in [0.5, 0.6) is 0 Å². The summed E-state index contributed by atoms with van der Waals surface area (Å²) in [4.78, 5) is 0. The first-order valence-corrected chi connectivity index (χ1v) is 7.82. The molecule has 2 aromatic carbocycles. The second-order valence-electron chi connectivity index (χ2n) is 4.67. The largest absolute Gasteiger partial charge is 0.392 e. The monoisotopic (exact) mass is 295 g/mol. The molecule has 2 aromatic heterocycles. The van der Waals surface area contributed by atoms with Crippen molar-refractivity contribution in [2.24, 2.45) is 0 Å². The van der Waals surface area contributed by atoms with Gasteiger partial charge in [-0.2, -0.15) is 5.26 Å². The summed E-state index contributed by atoms with van der Waals surface area (Å²) in [5.74, 6) is 0. The van der Waals surface area contributed by atoms with Crippen molar-refractivity contribution in [3.05, 3.63) is 47.5 Å². The quantitative estimate of drug-likeness (QED) is 0.556. The molecular weight excluding hydrogens is 286 g/mol. The number of aliphatic hydroxyl groups excluding tert-OH is 1. The first-order chi connectivity index (χ1) is 9.80. The number of rotatable bonds is 1. The van der Waals surface area contributed by atoms with Gasteiger partial charge in [-0.05, 0) is 23.8 Å². The number of aliphatic hydroxyl groups is 1. The molecule has 1 N–H and O–H groups in total. The van der Waals surface area contributed by atoms with E-state index in [0.717, 1.165) is 5.56 Å². The van der Waals surface area contributed by atoms with Crippen LogP contribution in [0.4, 0.5) is 0 Å². The molecule has 0 unspecified atom stereocenters. The van der Waals surface area contributed by atoms with Crippen LogP contribution >= 0.6 is 22.7 Å². The van der Waals surface area contributed by atoms with Crippen LogP contribution in [0.3, 0.4) is 0 Å². The molecule has 0 aliphatic carbocycles. The van der Waals surface area contributed by atoms with Gasteiger partial charge in [0.2, 0.25) is 0 Å². The highest BCUT2D eigenvalue weighted by molar-refractivity contribution is 7.36. The first kappa shape index (κ1) is 11.9. The normalized spacial score (nSPS) is 11.4. The third-order valence-corrected chi connectivity index (χ3v) is 5.96. The molecule has 20 heavy (non-hydrogen) atoms. The van der Waals surface area contributed by atoms with Crippen LogP contribution in [0.2, 0.25) is 0 Å². The maximum atomic E-state index is 9.23. The van der Waals surface area contributed by atoms with Crippen molar-refractivity contribution < 1.29 is 5.11 Å². The number of fused-ring (bicyclic) bond motifs is 5. The molecule has 0 amide bonds. The summed E-state index contributed by atoms with van der Waals surface area (Å²) in [6.45, 7) is 0.0771. The van der Waals surface area contributed by atoms with E-state index >= 15 is 0 Å². The summed E-state index contributed by atoms with van der Waals surface area (Å²) in [6.07, 6.45) is 0. The van der Waals surface area contributed by atoms with Crippen LogP contribution in [-0.2, 0) is 6.61 Å². The fraction of sp³-hybridized carbons (Fsp3) is 0.0625. The highest BCUT2D eigenvalue weighted by atomic mass is 32.1. The molecule has 2 nitrogen and oxygen atoms in total. The minimum absolute atomic E-state index is 0.0771. The van der Waals surface area contributed by atoms with Crippen molar-refractivity contribution in [2.75, 3.05) is 0 Å². The molecular formula is C16H9NOS2. The van der Waals surface area contributed by atoms with E-state index in [1.807, 2.05) is 24.3 Å². The van der Waals surface area contributed by atoms with Crippen LogP contribution in [0.25, 0.3) is 29.6 Å². The molecule has 0 spiro atoms. The fourth-order valence-electron chi connectivity index (χ4n) is 2.47. The standard InChI is InChI=1S/C16H9NOS2/c17-7-9-1-3-11-13(5-9)19-16-12-4-2-10(8-18)6-14(12)20-15(11)16/h1-6,18H,8H2. The molecule has 0 saturated carbocycles.